The molecular weight excluding hydrogens is 404 g/mol. The first-order chi connectivity index (χ1) is 15.0. The lowest BCUT2D eigenvalue weighted by Crippen LogP contribution is -2.29. The second-order valence-electron chi connectivity index (χ2n) is 7.53. The van der Waals surface area contributed by atoms with Crippen LogP contribution in [0.2, 0.25) is 0 Å². The van der Waals surface area contributed by atoms with Crippen molar-refractivity contribution in [1.29, 1.82) is 0 Å². The second kappa shape index (κ2) is 7.21. The minimum absolute atomic E-state index is 0.753. The minimum atomic E-state index is 0.753. The van der Waals surface area contributed by atoms with Gasteiger partial charge >= 0.3 is 0 Å². The molecular formula is C24H22N6S. The van der Waals surface area contributed by atoms with E-state index in [2.05, 4.69) is 65.6 Å². The van der Waals surface area contributed by atoms with Gasteiger partial charge in [-0.05, 0) is 44.0 Å². The number of anilines is 2. The molecule has 0 saturated carbocycles. The van der Waals surface area contributed by atoms with Crippen LogP contribution in [0, 0.1) is 13.8 Å². The average Bonchev–Trinajstić information content (AvgIpc) is 3.36. The third-order valence-corrected chi connectivity index (χ3v) is 6.66. The number of allylic oxidation sites excluding steroid dienone is 1. The summed E-state index contributed by atoms with van der Waals surface area (Å²) in [7, 11) is 0. The van der Waals surface area contributed by atoms with Gasteiger partial charge in [-0.1, -0.05) is 25.3 Å². The predicted octanol–water partition coefficient (Wildman–Crippen LogP) is 5.88. The molecule has 6 nitrogen and oxygen atoms in total. The van der Waals surface area contributed by atoms with Crippen molar-refractivity contribution in [3.8, 4) is 10.4 Å². The average molecular weight is 427 g/mol. The Morgan fingerprint density at radius 2 is 1.97 bits per heavy atom. The Hall–Kier alpha value is -3.71. The van der Waals surface area contributed by atoms with Gasteiger partial charge in [0, 0.05) is 28.4 Å². The van der Waals surface area contributed by atoms with Crippen LogP contribution in [0.1, 0.15) is 28.5 Å². The van der Waals surface area contributed by atoms with Gasteiger partial charge in [-0.2, -0.15) is 5.10 Å². The molecule has 31 heavy (non-hydrogen) atoms. The number of nitrogens with zero attached hydrogens (tertiary/aromatic N) is 5. The zero-order valence-corrected chi connectivity index (χ0v) is 18.5. The number of thiophene rings is 1. The highest BCUT2D eigenvalue weighted by Crippen LogP contribution is 2.46. The summed E-state index contributed by atoms with van der Waals surface area (Å²) < 4.78 is 1.80. The molecule has 0 spiro atoms. The van der Waals surface area contributed by atoms with Crippen LogP contribution in [0.4, 0.5) is 11.4 Å². The van der Waals surface area contributed by atoms with Crippen LogP contribution in [0.25, 0.3) is 27.9 Å². The maximum Gasteiger partial charge on any atom is 0.155 e. The highest BCUT2D eigenvalue weighted by Gasteiger charge is 2.28. The maximum absolute atomic E-state index is 4.42. The molecule has 0 bridgehead atoms. The van der Waals surface area contributed by atoms with E-state index in [4.69, 9.17) is 0 Å². The molecule has 4 aromatic heterocycles. The van der Waals surface area contributed by atoms with Crippen molar-refractivity contribution in [3.05, 3.63) is 83.7 Å². The van der Waals surface area contributed by atoms with E-state index in [9.17, 15) is 0 Å². The standard InChI is InChI=1S/C24H22N6S/c1-6-7-18-15(3)10-25-11-21(18)30-16(4)24-20(28-17(30)5)9-22(31-24)19-12-29-23(8-14(19)2)26-13-27-29/h6-13,28H,4-5H2,1-3H3/b7-6-. The summed E-state index contributed by atoms with van der Waals surface area (Å²) in [5, 5.41) is 7.75. The molecule has 1 aliphatic heterocycles. The van der Waals surface area contributed by atoms with E-state index in [1.165, 1.54) is 0 Å². The van der Waals surface area contributed by atoms with Crippen LogP contribution in [0.3, 0.4) is 0 Å². The molecule has 154 valence electrons. The first-order valence-corrected chi connectivity index (χ1v) is 10.8. The molecule has 0 saturated heterocycles. The highest BCUT2D eigenvalue weighted by atomic mass is 32.1. The van der Waals surface area contributed by atoms with Gasteiger partial charge in [-0.3, -0.25) is 9.88 Å². The van der Waals surface area contributed by atoms with Crippen molar-refractivity contribution < 1.29 is 0 Å². The largest absolute Gasteiger partial charge is 0.341 e. The molecule has 0 fully saturated rings. The topological polar surface area (TPSA) is 58.4 Å². The van der Waals surface area contributed by atoms with E-state index in [1.54, 1.807) is 22.2 Å². The number of nitrogens with one attached hydrogen (secondary N) is 1. The van der Waals surface area contributed by atoms with E-state index >= 15 is 0 Å². The molecule has 0 aromatic carbocycles. The number of aryl methyl sites for hydroxylation is 2. The van der Waals surface area contributed by atoms with Crippen molar-refractivity contribution in [2.45, 2.75) is 20.8 Å². The van der Waals surface area contributed by atoms with Gasteiger partial charge in [-0.15, -0.1) is 11.3 Å². The smallest absolute Gasteiger partial charge is 0.155 e. The monoisotopic (exact) mass is 426 g/mol. The van der Waals surface area contributed by atoms with Crippen LogP contribution in [-0.4, -0.2) is 19.6 Å². The Morgan fingerprint density at radius 1 is 1.13 bits per heavy atom. The molecule has 5 rings (SSSR count). The van der Waals surface area contributed by atoms with Gasteiger partial charge in [0.1, 0.15) is 12.1 Å². The summed E-state index contributed by atoms with van der Waals surface area (Å²) in [6.07, 6.45) is 11.5. The van der Waals surface area contributed by atoms with Gasteiger partial charge < -0.3 is 5.32 Å². The highest BCUT2D eigenvalue weighted by molar-refractivity contribution is 7.17. The van der Waals surface area contributed by atoms with Crippen molar-refractivity contribution >= 4 is 40.1 Å². The van der Waals surface area contributed by atoms with Crippen molar-refractivity contribution in [2.24, 2.45) is 0 Å². The molecule has 0 atom stereocenters. The lowest BCUT2D eigenvalue weighted by Gasteiger charge is -2.34. The first-order valence-electron chi connectivity index (χ1n) is 9.94. The normalized spacial score (nSPS) is 13.8. The fourth-order valence-corrected chi connectivity index (χ4v) is 5.08. The number of aromatic nitrogens is 4. The number of pyridine rings is 2. The minimum Gasteiger partial charge on any atom is -0.341 e. The van der Waals surface area contributed by atoms with Crippen LogP contribution in [-0.2, 0) is 0 Å². The second-order valence-corrected chi connectivity index (χ2v) is 8.58. The molecule has 0 amide bonds. The van der Waals surface area contributed by atoms with E-state index in [0.717, 1.165) is 60.5 Å². The van der Waals surface area contributed by atoms with Gasteiger partial charge in [0.2, 0.25) is 0 Å². The molecule has 0 radical (unpaired) electrons. The van der Waals surface area contributed by atoms with E-state index in [-0.39, 0.29) is 0 Å². The zero-order chi connectivity index (χ0) is 21.7. The summed E-state index contributed by atoms with van der Waals surface area (Å²) in [5.41, 5.74) is 8.18. The van der Waals surface area contributed by atoms with E-state index < -0.39 is 0 Å². The molecule has 0 aliphatic carbocycles. The van der Waals surface area contributed by atoms with Crippen molar-refractivity contribution in [1.82, 2.24) is 19.6 Å². The Labute approximate surface area is 184 Å². The van der Waals surface area contributed by atoms with E-state index in [0.29, 0.717) is 0 Å². The van der Waals surface area contributed by atoms with Crippen LogP contribution < -0.4 is 10.2 Å². The first kappa shape index (κ1) is 19.3. The molecule has 5 heterocycles. The Kier molecular flexibility index (Phi) is 4.48. The van der Waals surface area contributed by atoms with Gasteiger partial charge in [0.15, 0.2) is 5.65 Å². The molecule has 1 N–H and O–H groups in total. The lowest BCUT2D eigenvalue weighted by molar-refractivity contribution is 0.960. The van der Waals surface area contributed by atoms with E-state index in [1.807, 2.05) is 36.5 Å². The van der Waals surface area contributed by atoms with Crippen LogP contribution >= 0.6 is 11.3 Å². The van der Waals surface area contributed by atoms with Crippen LogP contribution in [0.15, 0.2) is 62.1 Å². The molecule has 7 heteroatoms. The number of hydrogen-bond acceptors (Lipinski definition) is 6. The molecule has 0 unspecified atom stereocenters. The maximum atomic E-state index is 4.42. The quantitative estimate of drug-likeness (QED) is 0.443. The lowest BCUT2D eigenvalue weighted by atomic mass is 10.1. The third-order valence-electron chi connectivity index (χ3n) is 5.44. The SMILES string of the molecule is C=C1Nc2cc(-c3cn4ncnc4cc3C)sc2C(=C)N1c1cncc(C)c1/C=C\C. The number of hydrogen-bond donors (Lipinski definition) is 1. The molecule has 1 aliphatic rings. The number of fused-ring (bicyclic) bond motifs is 2. The third kappa shape index (κ3) is 3.05. The summed E-state index contributed by atoms with van der Waals surface area (Å²) in [6, 6.07) is 4.20. The Morgan fingerprint density at radius 3 is 2.77 bits per heavy atom. The van der Waals surface area contributed by atoms with Gasteiger partial charge in [0.25, 0.3) is 0 Å². The number of rotatable bonds is 3. The summed E-state index contributed by atoms with van der Waals surface area (Å²) in [6.45, 7) is 14.9. The fourth-order valence-electron chi connectivity index (χ4n) is 3.94. The predicted molar refractivity (Wildman–Crippen MR) is 129 cm³/mol. The van der Waals surface area contributed by atoms with Crippen molar-refractivity contribution in [3.63, 3.8) is 0 Å². The Bertz CT molecular complexity index is 1390. The summed E-state index contributed by atoms with van der Waals surface area (Å²) in [4.78, 5) is 13.0. The zero-order valence-electron chi connectivity index (χ0n) is 17.7. The summed E-state index contributed by atoms with van der Waals surface area (Å²) >= 11 is 1.70. The Balaban J connectivity index is 1.61. The fraction of sp³-hybridized carbons (Fsp3) is 0.125. The van der Waals surface area contributed by atoms with Gasteiger partial charge in [0.05, 0.1) is 28.1 Å². The van der Waals surface area contributed by atoms with Crippen molar-refractivity contribution in [2.75, 3.05) is 10.2 Å². The van der Waals surface area contributed by atoms with Gasteiger partial charge in [-0.25, -0.2) is 9.50 Å². The van der Waals surface area contributed by atoms with Crippen LogP contribution in [0.5, 0.6) is 0 Å². The molecule has 4 aromatic rings. The summed E-state index contributed by atoms with van der Waals surface area (Å²) in [5.74, 6) is 0.753.